The number of carbonyl (C=O) groups excluding carboxylic acids is 2. The first kappa shape index (κ1) is 22.8. The van der Waals surface area contributed by atoms with Gasteiger partial charge in [-0.25, -0.2) is 0 Å². The molecule has 2 amide bonds. The van der Waals surface area contributed by atoms with E-state index < -0.39 is 11.7 Å². The fraction of sp³-hybridized carbons (Fsp3) is 0.524. The van der Waals surface area contributed by atoms with E-state index in [2.05, 4.69) is 22.5 Å². The molecule has 2 rings (SSSR count). The smallest absolute Gasteiger partial charge is 0.354 e. The van der Waals surface area contributed by atoms with Crippen LogP contribution in [0.1, 0.15) is 37.8 Å². The van der Waals surface area contributed by atoms with Crippen molar-refractivity contribution in [2.24, 2.45) is 5.92 Å². The van der Waals surface area contributed by atoms with Crippen LogP contribution in [0.2, 0.25) is 0 Å². The van der Waals surface area contributed by atoms with Crippen molar-refractivity contribution in [1.82, 2.24) is 15.5 Å². The van der Waals surface area contributed by atoms with Crippen LogP contribution in [-0.2, 0) is 15.8 Å². The molecule has 0 aliphatic carbocycles. The number of nitrogens with one attached hydrogen (secondary N) is 2. The number of nitrogens with zero attached hydrogens (tertiary/aromatic N) is 1. The van der Waals surface area contributed by atoms with Crippen LogP contribution < -0.4 is 10.6 Å². The maximum Gasteiger partial charge on any atom is 0.416 e. The van der Waals surface area contributed by atoms with Crippen molar-refractivity contribution in [2.45, 2.75) is 38.9 Å². The van der Waals surface area contributed by atoms with E-state index in [-0.39, 0.29) is 42.4 Å². The minimum atomic E-state index is -4.41. The number of rotatable bonds is 5. The molecule has 1 heterocycles. The number of hydrogen-bond acceptors (Lipinski definition) is 3. The summed E-state index contributed by atoms with van der Waals surface area (Å²) in [6, 6.07) is 4.88. The molecule has 1 aromatic carbocycles. The quantitative estimate of drug-likeness (QED) is 0.735. The summed E-state index contributed by atoms with van der Waals surface area (Å²) < 4.78 is 38.0. The van der Waals surface area contributed by atoms with Gasteiger partial charge in [0.1, 0.15) is 0 Å². The first-order chi connectivity index (χ1) is 13.6. The molecule has 1 aromatic rings. The second-order valence-corrected chi connectivity index (χ2v) is 7.37. The number of benzene rings is 1. The van der Waals surface area contributed by atoms with E-state index in [0.717, 1.165) is 12.1 Å². The number of hydrogen-bond donors (Lipinski definition) is 2. The molecule has 158 valence electrons. The molecule has 0 unspecified atom stereocenters. The molecule has 0 spiro atoms. The van der Waals surface area contributed by atoms with E-state index >= 15 is 0 Å². The molecule has 1 fully saturated rings. The second kappa shape index (κ2) is 10.3. The molecule has 8 heteroatoms. The number of halogens is 3. The number of likely N-dealkylation sites (tertiary alicyclic amines) is 1. The highest BCUT2D eigenvalue weighted by molar-refractivity contribution is 5.79. The maximum atomic E-state index is 12.7. The van der Waals surface area contributed by atoms with Crippen molar-refractivity contribution in [3.63, 3.8) is 0 Å². The monoisotopic (exact) mass is 409 g/mol. The Balaban J connectivity index is 1.73. The molecule has 2 N–H and O–H groups in total. The topological polar surface area (TPSA) is 61.4 Å². The third kappa shape index (κ3) is 7.78. The van der Waals surface area contributed by atoms with E-state index in [1.807, 2.05) is 18.7 Å². The molecule has 1 aliphatic heterocycles. The molecule has 1 aliphatic rings. The molecule has 5 nitrogen and oxygen atoms in total. The van der Waals surface area contributed by atoms with Gasteiger partial charge < -0.3 is 10.6 Å². The van der Waals surface area contributed by atoms with Crippen molar-refractivity contribution in [3.8, 4) is 11.8 Å². The minimum Gasteiger partial charge on any atom is -0.354 e. The number of alkyl halides is 3. The summed E-state index contributed by atoms with van der Waals surface area (Å²) in [4.78, 5) is 26.0. The van der Waals surface area contributed by atoms with Crippen LogP contribution in [0.3, 0.4) is 0 Å². The van der Waals surface area contributed by atoms with Crippen LogP contribution >= 0.6 is 0 Å². The first-order valence-electron chi connectivity index (χ1n) is 9.60. The molecule has 0 bridgehead atoms. The van der Waals surface area contributed by atoms with Crippen molar-refractivity contribution in [2.75, 3.05) is 26.2 Å². The largest absolute Gasteiger partial charge is 0.416 e. The Morgan fingerprint density at radius 1 is 1.24 bits per heavy atom. The van der Waals surface area contributed by atoms with Crippen LogP contribution in [0.5, 0.6) is 0 Å². The van der Waals surface area contributed by atoms with Crippen molar-refractivity contribution < 1.29 is 22.8 Å². The van der Waals surface area contributed by atoms with Gasteiger partial charge in [0, 0.05) is 17.5 Å². The Morgan fingerprint density at radius 2 is 1.93 bits per heavy atom. The summed E-state index contributed by atoms with van der Waals surface area (Å²) in [5.74, 6) is 5.14. The summed E-state index contributed by atoms with van der Waals surface area (Å²) >= 11 is 0. The Hall–Kier alpha value is -2.53. The van der Waals surface area contributed by atoms with Gasteiger partial charge in [-0.1, -0.05) is 17.9 Å². The normalized spacial score (nSPS) is 15.5. The van der Waals surface area contributed by atoms with E-state index in [0.29, 0.717) is 25.9 Å². The Morgan fingerprint density at radius 3 is 2.55 bits per heavy atom. The lowest BCUT2D eigenvalue weighted by Crippen LogP contribution is -2.45. The van der Waals surface area contributed by atoms with E-state index in [1.165, 1.54) is 12.1 Å². The van der Waals surface area contributed by atoms with Crippen LogP contribution in [0.4, 0.5) is 13.2 Å². The highest BCUT2D eigenvalue weighted by Gasteiger charge is 2.30. The third-order valence-corrected chi connectivity index (χ3v) is 4.55. The maximum absolute atomic E-state index is 12.7. The third-order valence-electron chi connectivity index (χ3n) is 4.55. The van der Waals surface area contributed by atoms with Crippen LogP contribution in [-0.4, -0.2) is 48.9 Å². The first-order valence-corrected chi connectivity index (χ1v) is 9.60. The van der Waals surface area contributed by atoms with E-state index in [1.54, 1.807) is 0 Å². The Kier molecular flexibility index (Phi) is 8.09. The molecule has 0 aromatic heterocycles. The van der Waals surface area contributed by atoms with Gasteiger partial charge >= 0.3 is 6.18 Å². The Bertz CT molecular complexity index is 773. The van der Waals surface area contributed by atoms with Crippen LogP contribution in [0.25, 0.3) is 0 Å². The van der Waals surface area contributed by atoms with Crippen molar-refractivity contribution in [3.05, 3.63) is 35.4 Å². The summed E-state index contributed by atoms with van der Waals surface area (Å²) in [5, 5.41) is 5.56. The van der Waals surface area contributed by atoms with E-state index in [9.17, 15) is 22.8 Å². The van der Waals surface area contributed by atoms with Gasteiger partial charge in [-0.05, 0) is 58.0 Å². The van der Waals surface area contributed by atoms with Crippen molar-refractivity contribution >= 4 is 11.8 Å². The predicted octanol–water partition coefficient (Wildman–Crippen LogP) is 2.41. The molecular weight excluding hydrogens is 383 g/mol. The van der Waals surface area contributed by atoms with Crippen molar-refractivity contribution in [1.29, 1.82) is 0 Å². The highest BCUT2D eigenvalue weighted by atomic mass is 19.4. The molecule has 0 radical (unpaired) electrons. The summed E-state index contributed by atoms with van der Waals surface area (Å²) in [5.41, 5.74) is -0.505. The summed E-state index contributed by atoms with van der Waals surface area (Å²) in [7, 11) is 0. The van der Waals surface area contributed by atoms with Gasteiger partial charge in [0.2, 0.25) is 11.8 Å². The fourth-order valence-corrected chi connectivity index (χ4v) is 3.08. The number of piperidine rings is 1. The lowest BCUT2D eigenvalue weighted by Gasteiger charge is -2.31. The fourth-order valence-electron chi connectivity index (χ4n) is 3.08. The van der Waals surface area contributed by atoms with Gasteiger partial charge in [0.05, 0.1) is 18.7 Å². The SMILES string of the molecule is CC(C)NC(=O)C1CCN(CC(=O)NCC#Cc2cccc(C(F)(F)F)c2)CC1. The average molecular weight is 409 g/mol. The average Bonchev–Trinajstić information content (AvgIpc) is 2.65. The Labute approximate surface area is 169 Å². The van der Waals surface area contributed by atoms with Gasteiger partial charge in [0.25, 0.3) is 0 Å². The zero-order chi connectivity index (χ0) is 21.4. The molecule has 1 saturated heterocycles. The van der Waals surface area contributed by atoms with E-state index in [4.69, 9.17) is 0 Å². The lowest BCUT2D eigenvalue weighted by molar-refractivity contribution is -0.137. The molecule has 0 saturated carbocycles. The predicted molar refractivity (Wildman–Crippen MR) is 104 cm³/mol. The second-order valence-electron chi connectivity index (χ2n) is 7.37. The van der Waals surface area contributed by atoms with Crippen LogP contribution in [0.15, 0.2) is 24.3 Å². The highest BCUT2D eigenvalue weighted by Crippen LogP contribution is 2.29. The molecule has 0 atom stereocenters. The van der Waals surface area contributed by atoms with Crippen LogP contribution in [0, 0.1) is 17.8 Å². The number of amides is 2. The standard InChI is InChI=1S/C21H26F3N3O2/c1-15(2)26-20(29)17-8-11-27(12-9-17)14-19(28)25-10-4-6-16-5-3-7-18(13-16)21(22,23)24/h3,5,7,13,15,17H,8-12,14H2,1-2H3,(H,25,28)(H,26,29). The van der Waals surface area contributed by atoms with Gasteiger partial charge in [-0.2, -0.15) is 13.2 Å². The van der Waals surface area contributed by atoms with Gasteiger partial charge in [-0.3, -0.25) is 14.5 Å². The zero-order valence-electron chi connectivity index (χ0n) is 16.6. The summed E-state index contributed by atoms with van der Waals surface area (Å²) in [6.45, 7) is 5.45. The minimum absolute atomic E-state index is 0.0185. The lowest BCUT2D eigenvalue weighted by atomic mass is 9.95. The number of carbonyl (C=O) groups is 2. The summed E-state index contributed by atoms with van der Waals surface area (Å²) in [6.07, 6.45) is -2.99. The molecule has 29 heavy (non-hydrogen) atoms. The molecular formula is C21H26F3N3O2. The van der Waals surface area contributed by atoms with Gasteiger partial charge in [-0.15, -0.1) is 0 Å². The van der Waals surface area contributed by atoms with Gasteiger partial charge in [0.15, 0.2) is 0 Å². The zero-order valence-corrected chi connectivity index (χ0v) is 16.6.